The van der Waals surface area contributed by atoms with Gasteiger partial charge in [-0.05, 0) is 104 Å². The van der Waals surface area contributed by atoms with E-state index in [0.717, 1.165) is 60.3 Å². The molecule has 1 heterocycles. The summed E-state index contributed by atoms with van der Waals surface area (Å²) in [6, 6.07) is 0.770. The van der Waals surface area contributed by atoms with Crippen molar-refractivity contribution >= 4 is 0 Å². The Kier molecular flexibility index (Phi) is 6.08. The molecule has 2 nitrogen and oxygen atoms in total. The van der Waals surface area contributed by atoms with Gasteiger partial charge in [0, 0.05) is 19.1 Å². The molecule has 1 aliphatic heterocycles. The van der Waals surface area contributed by atoms with Crippen molar-refractivity contribution in [1.29, 1.82) is 0 Å². The number of nitrogens with zero attached hydrogens (tertiary/aromatic N) is 1. The second kappa shape index (κ2) is 8.30. The van der Waals surface area contributed by atoms with Crippen LogP contribution in [-0.4, -0.2) is 35.2 Å². The Morgan fingerprint density at radius 1 is 0.839 bits per heavy atom. The Morgan fingerprint density at radius 2 is 1.55 bits per heavy atom. The van der Waals surface area contributed by atoms with Crippen molar-refractivity contribution in [3.05, 3.63) is 0 Å². The van der Waals surface area contributed by atoms with Crippen LogP contribution < -0.4 is 0 Å². The van der Waals surface area contributed by atoms with E-state index in [1.54, 1.807) is 0 Å². The zero-order valence-corrected chi connectivity index (χ0v) is 21.3. The highest BCUT2D eigenvalue weighted by Gasteiger charge is 2.63. The number of aliphatic hydroxyl groups excluding tert-OH is 1. The summed E-state index contributed by atoms with van der Waals surface area (Å²) in [6.45, 7) is 15.4. The molecule has 0 aromatic rings. The largest absolute Gasteiger partial charge is 0.393 e. The highest BCUT2D eigenvalue weighted by Crippen LogP contribution is 2.69. The smallest absolute Gasteiger partial charge is 0.0543 e. The van der Waals surface area contributed by atoms with Crippen LogP contribution in [0.2, 0.25) is 0 Å². The van der Waals surface area contributed by atoms with Crippen molar-refractivity contribution in [3.63, 3.8) is 0 Å². The lowest BCUT2D eigenvalue weighted by Crippen LogP contribution is -2.59. The number of hydrogen-bond acceptors (Lipinski definition) is 2. The van der Waals surface area contributed by atoms with E-state index in [9.17, 15) is 5.11 Å². The molecular weight excluding hydrogens is 378 g/mol. The lowest BCUT2D eigenvalue weighted by molar-refractivity contribution is -0.149. The van der Waals surface area contributed by atoms with Crippen molar-refractivity contribution in [1.82, 2.24) is 4.90 Å². The van der Waals surface area contributed by atoms with Crippen LogP contribution in [0.4, 0.5) is 0 Å². The van der Waals surface area contributed by atoms with Gasteiger partial charge in [0.25, 0.3) is 0 Å². The summed E-state index contributed by atoms with van der Waals surface area (Å²) < 4.78 is 0. The average molecular weight is 430 g/mol. The minimum Gasteiger partial charge on any atom is -0.393 e. The van der Waals surface area contributed by atoms with E-state index in [2.05, 4.69) is 39.5 Å². The Morgan fingerprint density at radius 3 is 2.26 bits per heavy atom. The molecule has 5 rings (SSSR count). The first kappa shape index (κ1) is 22.7. The van der Waals surface area contributed by atoms with E-state index in [0.29, 0.717) is 10.8 Å². The van der Waals surface area contributed by atoms with Gasteiger partial charge in [-0.25, -0.2) is 0 Å². The predicted octanol–water partition coefficient (Wildman–Crippen LogP) is 6.76. The molecule has 0 amide bonds. The molecule has 31 heavy (non-hydrogen) atoms. The Hall–Kier alpha value is -0.0800. The number of hydrogen-bond donors (Lipinski definition) is 1. The van der Waals surface area contributed by atoms with Crippen LogP contribution in [0.5, 0.6) is 0 Å². The van der Waals surface area contributed by atoms with Gasteiger partial charge >= 0.3 is 0 Å². The molecule has 4 saturated carbocycles. The van der Waals surface area contributed by atoms with Crippen LogP contribution in [0.15, 0.2) is 0 Å². The van der Waals surface area contributed by atoms with E-state index in [-0.39, 0.29) is 6.10 Å². The van der Waals surface area contributed by atoms with Crippen LogP contribution in [-0.2, 0) is 0 Å². The maximum Gasteiger partial charge on any atom is 0.0543 e. The topological polar surface area (TPSA) is 23.2 Å². The quantitative estimate of drug-likeness (QED) is 0.471. The first-order valence-corrected chi connectivity index (χ1v) is 14.2. The molecule has 0 aromatic heterocycles. The summed E-state index contributed by atoms with van der Waals surface area (Å²) in [6.07, 6.45) is 15.1. The number of aliphatic hydroxyl groups is 1. The summed E-state index contributed by atoms with van der Waals surface area (Å²) in [5, 5.41) is 10.6. The monoisotopic (exact) mass is 429 g/mol. The molecule has 10 atom stereocenters. The first-order valence-electron chi connectivity index (χ1n) is 14.2. The Bertz CT molecular complexity index is 643. The fourth-order valence-electron chi connectivity index (χ4n) is 10.1. The van der Waals surface area contributed by atoms with Gasteiger partial charge in [0.1, 0.15) is 0 Å². The molecule has 1 N–H and O–H groups in total. The highest BCUT2D eigenvalue weighted by atomic mass is 16.3. The summed E-state index contributed by atoms with van der Waals surface area (Å²) in [5.41, 5.74) is 1.08. The Balaban J connectivity index is 1.35. The molecule has 2 heteroatoms. The zero-order chi connectivity index (χ0) is 22.0. The lowest BCUT2D eigenvalue weighted by Gasteiger charge is -2.63. The van der Waals surface area contributed by atoms with Gasteiger partial charge in [0.05, 0.1) is 6.10 Å². The van der Waals surface area contributed by atoms with E-state index < -0.39 is 0 Å². The molecule has 0 unspecified atom stereocenters. The maximum atomic E-state index is 10.6. The van der Waals surface area contributed by atoms with Crippen LogP contribution in [0, 0.1) is 52.3 Å². The van der Waals surface area contributed by atoms with Gasteiger partial charge in [-0.3, -0.25) is 4.90 Å². The minimum atomic E-state index is -0.0338. The fourth-order valence-corrected chi connectivity index (χ4v) is 10.1. The van der Waals surface area contributed by atoms with Crippen LogP contribution in [0.25, 0.3) is 0 Å². The van der Waals surface area contributed by atoms with Gasteiger partial charge in [-0.1, -0.05) is 53.9 Å². The number of rotatable bonds is 6. The molecule has 178 valence electrons. The van der Waals surface area contributed by atoms with Gasteiger partial charge in [-0.2, -0.15) is 0 Å². The first-order chi connectivity index (χ1) is 14.7. The molecule has 4 aliphatic carbocycles. The summed E-state index contributed by atoms with van der Waals surface area (Å²) in [4.78, 5) is 2.78. The minimum absolute atomic E-state index is 0.0338. The predicted molar refractivity (Wildman–Crippen MR) is 130 cm³/mol. The number of fused-ring (bicyclic) bond motifs is 5. The van der Waals surface area contributed by atoms with Gasteiger partial charge in [0.2, 0.25) is 0 Å². The molecule has 0 radical (unpaired) electrons. The molecule has 0 aromatic carbocycles. The zero-order valence-electron chi connectivity index (χ0n) is 21.3. The van der Waals surface area contributed by atoms with Crippen molar-refractivity contribution in [2.75, 3.05) is 13.1 Å². The molecular formula is C29H51NO. The fraction of sp³-hybridized carbons (Fsp3) is 1.00. The molecule has 0 spiro atoms. The van der Waals surface area contributed by atoms with Crippen molar-refractivity contribution in [2.24, 2.45) is 52.3 Å². The molecule has 0 bridgehead atoms. The normalized spacial score (nSPS) is 50.6. The van der Waals surface area contributed by atoms with Gasteiger partial charge < -0.3 is 5.11 Å². The molecule has 5 aliphatic rings. The summed E-state index contributed by atoms with van der Waals surface area (Å²) in [5.74, 6) is 6.32. The van der Waals surface area contributed by atoms with E-state index in [4.69, 9.17) is 0 Å². The average Bonchev–Trinajstić information content (AvgIpc) is 3.49. The van der Waals surface area contributed by atoms with Crippen molar-refractivity contribution in [2.45, 2.75) is 117 Å². The summed E-state index contributed by atoms with van der Waals surface area (Å²) in [7, 11) is 0. The van der Waals surface area contributed by atoms with E-state index >= 15 is 0 Å². The molecule has 5 fully saturated rings. The highest BCUT2D eigenvalue weighted by molar-refractivity contribution is 5.13. The lowest BCUT2D eigenvalue weighted by atomic mass is 9.43. The third-order valence-electron chi connectivity index (χ3n) is 11.8. The van der Waals surface area contributed by atoms with Gasteiger partial charge in [0.15, 0.2) is 0 Å². The second-order valence-corrected chi connectivity index (χ2v) is 13.8. The second-order valence-electron chi connectivity index (χ2n) is 13.8. The van der Waals surface area contributed by atoms with Crippen molar-refractivity contribution in [3.8, 4) is 0 Å². The standard InChI is InChI=1S/C29H51NO/c1-19(2)7-6-8-20(3)23-9-10-24-22-18-27(30-15-16-30)26-17-21(31)11-13-29(26,5)25(22)12-14-28(23,24)4/h19-27,31H,6-18H2,1-5H3/t20-,21+,22+,23-,24+,25+,26+,27-,28-,29-/m1/s1. The van der Waals surface area contributed by atoms with E-state index in [1.807, 2.05) is 0 Å². The Labute approximate surface area is 192 Å². The third kappa shape index (κ3) is 3.84. The molecule has 1 saturated heterocycles. The summed E-state index contributed by atoms with van der Waals surface area (Å²) >= 11 is 0. The third-order valence-corrected chi connectivity index (χ3v) is 11.8. The maximum absolute atomic E-state index is 10.6. The van der Waals surface area contributed by atoms with Crippen LogP contribution in [0.3, 0.4) is 0 Å². The SMILES string of the molecule is CC(C)CCC[C@@H](C)[C@H]1CC[C@H]2[C@@H]3C[C@@H](N4CC4)[C@@H]4C[C@@H](O)CC[C@]4(C)[C@H]3CC[C@]12C. The van der Waals surface area contributed by atoms with Crippen LogP contribution >= 0.6 is 0 Å². The van der Waals surface area contributed by atoms with E-state index in [1.165, 1.54) is 70.9 Å². The van der Waals surface area contributed by atoms with Crippen molar-refractivity contribution < 1.29 is 5.11 Å². The van der Waals surface area contributed by atoms with Crippen LogP contribution in [0.1, 0.15) is 105 Å². The van der Waals surface area contributed by atoms with Gasteiger partial charge in [-0.15, -0.1) is 0 Å².